The Hall–Kier alpha value is -1.83. The monoisotopic (exact) mass is 372 g/mol. The maximum atomic E-state index is 11.4. The lowest BCUT2D eigenvalue weighted by Gasteiger charge is -2.06. The van der Waals surface area contributed by atoms with Gasteiger partial charge in [0.05, 0.1) is 6.10 Å². The number of esters is 1. The van der Waals surface area contributed by atoms with Crippen molar-refractivity contribution in [2.75, 3.05) is 0 Å². The molecule has 0 aliphatic carbocycles. The number of allylic oxidation sites excluding steroid dienone is 10. The zero-order chi connectivity index (χ0) is 20.0. The van der Waals surface area contributed by atoms with Crippen LogP contribution in [-0.4, -0.2) is 12.1 Å². The van der Waals surface area contributed by atoms with Crippen molar-refractivity contribution >= 4 is 5.97 Å². The van der Waals surface area contributed by atoms with E-state index in [2.05, 4.69) is 67.7 Å². The molecule has 0 saturated carbocycles. The second kappa shape index (κ2) is 20.5. The predicted molar refractivity (Wildman–Crippen MR) is 119 cm³/mol. The van der Waals surface area contributed by atoms with Crippen LogP contribution in [0.2, 0.25) is 0 Å². The van der Waals surface area contributed by atoms with Crippen LogP contribution in [0.5, 0.6) is 0 Å². The molecule has 0 atom stereocenters. The molecule has 0 aromatic rings. The fourth-order valence-electron chi connectivity index (χ4n) is 2.40. The highest BCUT2D eigenvalue weighted by Crippen LogP contribution is 2.06. The van der Waals surface area contributed by atoms with Crippen LogP contribution in [0.4, 0.5) is 0 Å². The van der Waals surface area contributed by atoms with Crippen molar-refractivity contribution in [1.82, 2.24) is 0 Å². The van der Waals surface area contributed by atoms with Crippen LogP contribution >= 0.6 is 0 Å². The van der Waals surface area contributed by atoms with Crippen LogP contribution in [0, 0.1) is 0 Å². The molecule has 0 fully saturated rings. The largest absolute Gasteiger partial charge is 0.463 e. The minimum atomic E-state index is -0.0696. The van der Waals surface area contributed by atoms with Gasteiger partial charge in [-0.05, 0) is 65.2 Å². The first-order valence-corrected chi connectivity index (χ1v) is 10.6. The molecular weight excluding hydrogens is 332 g/mol. The molecule has 27 heavy (non-hydrogen) atoms. The molecule has 2 heteroatoms. The summed E-state index contributed by atoms with van der Waals surface area (Å²) < 4.78 is 5.12. The molecule has 0 aliphatic rings. The smallest absolute Gasteiger partial charge is 0.306 e. The zero-order valence-corrected chi connectivity index (χ0v) is 17.7. The summed E-state index contributed by atoms with van der Waals surface area (Å²) in [7, 11) is 0. The molecule has 0 heterocycles. The Bertz CT molecular complexity index is 479. The van der Waals surface area contributed by atoms with Gasteiger partial charge in [-0.2, -0.15) is 0 Å². The highest BCUT2D eigenvalue weighted by atomic mass is 16.5. The van der Waals surface area contributed by atoms with Crippen molar-refractivity contribution in [2.45, 2.75) is 91.1 Å². The van der Waals surface area contributed by atoms with Gasteiger partial charge in [0.1, 0.15) is 0 Å². The normalized spacial score (nSPS) is 12.7. The van der Waals surface area contributed by atoms with Crippen LogP contribution in [0.1, 0.15) is 85.0 Å². The fraction of sp³-hybridized carbons (Fsp3) is 0.560. The summed E-state index contributed by atoms with van der Waals surface area (Å²) in [5.41, 5.74) is 0. The Morgan fingerprint density at radius 1 is 0.704 bits per heavy atom. The van der Waals surface area contributed by atoms with Gasteiger partial charge in [0.25, 0.3) is 0 Å². The fourth-order valence-corrected chi connectivity index (χ4v) is 2.40. The lowest BCUT2D eigenvalue weighted by molar-refractivity contribution is -0.147. The van der Waals surface area contributed by atoms with E-state index in [9.17, 15) is 4.79 Å². The summed E-state index contributed by atoms with van der Waals surface area (Å²) in [6.07, 6.45) is 32.1. The van der Waals surface area contributed by atoms with Gasteiger partial charge in [0.2, 0.25) is 0 Å². The van der Waals surface area contributed by atoms with Crippen molar-refractivity contribution in [3.63, 3.8) is 0 Å². The van der Waals surface area contributed by atoms with Crippen molar-refractivity contribution < 1.29 is 9.53 Å². The molecule has 0 N–H and O–H groups in total. The average Bonchev–Trinajstić information content (AvgIpc) is 2.63. The summed E-state index contributed by atoms with van der Waals surface area (Å²) in [5, 5.41) is 0. The van der Waals surface area contributed by atoms with E-state index in [1.54, 1.807) is 0 Å². The predicted octanol–water partition coefficient (Wildman–Crippen LogP) is 7.64. The number of hydrogen-bond acceptors (Lipinski definition) is 2. The highest BCUT2D eigenvalue weighted by molar-refractivity contribution is 5.69. The summed E-state index contributed by atoms with van der Waals surface area (Å²) in [6, 6.07) is 0. The Morgan fingerprint density at radius 2 is 1.19 bits per heavy atom. The first-order chi connectivity index (χ1) is 13.2. The molecule has 0 unspecified atom stereocenters. The second-order valence-corrected chi connectivity index (χ2v) is 6.85. The van der Waals surface area contributed by atoms with Gasteiger partial charge < -0.3 is 4.74 Å². The third-order valence-electron chi connectivity index (χ3n) is 3.78. The van der Waals surface area contributed by atoms with Crippen LogP contribution in [0.25, 0.3) is 0 Å². The number of hydrogen-bond donors (Lipinski definition) is 0. The third kappa shape index (κ3) is 22.1. The SMILES string of the molecule is CC/C=C\C/C=C\C/C=C\C/C=C\C/C=C\CCCCCC(=O)OC(C)C. The molecule has 152 valence electrons. The Morgan fingerprint density at radius 3 is 1.67 bits per heavy atom. The van der Waals surface area contributed by atoms with Gasteiger partial charge in [0.15, 0.2) is 0 Å². The maximum absolute atomic E-state index is 11.4. The van der Waals surface area contributed by atoms with E-state index in [4.69, 9.17) is 4.74 Å². The lowest BCUT2D eigenvalue weighted by Crippen LogP contribution is -2.10. The molecule has 0 amide bonds. The van der Waals surface area contributed by atoms with Crippen LogP contribution in [-0.2, 0) is 9.53 Å². The van der Waals surface area contributed by atoms with Gasteiger partial charge in [-0.15, -0.1) is 0 Å². The Labute approximate surface area is 167 Å². The van der Waals surface area contributed by atoms with Crippen molar-refractivity contribution in [2.24, 2.45) is 0 Å². The van der Waals surface area contributed by atoms with E-state index >= 15 is 0 Å². The van der Waals surface area contributed by atoms with E-state index < -0.39 is 0 Å². The van der Waals surface area contributed by atoms with Gasteiger partial charge in [-0.25, -0.2) is 0 Å². The van der Waals surface area contributed by atoms with Crippen LogP contribution in [0.3, 0.4) is 0 Å². The lowest BCUT2D eigenvalue weighted by atomic mass is 10.1. The number of carbonyl (C=O) groups excluding carboxylic acids is 1. The third-order valence-corrected chi connectivity index (χ3v) is 3.78. The molecule has 0 aromatic heterocycles. The number of rotatable bonds is 16. The molecule has 2 nitrogen and oxygen atoms in total. The minimum Gasteiger partial charge on any atom is -0.463 e. The summed E-state index contributed by atoms with van der Waals surface area (Å²) in [4.78, 5) is 11.4. The summed E-state index contributed by atoms with van der Waals surface area (Å²) in [5.74, 6) is -0.0696. The average molecular weight is 373 g/mol. The first-order valence-electron chi connectivity index (χ1n) is 10.6. The van der Waals surface area contributed by atoms with E-state index in [1.807, 2.05) is 13.8 Å². The minimum absolute atomic E-state index is 0.00111. The maximum Gasteiger partial charge on any atom is 0.306 e. The molecular formula is C25H40O2. The molecule has 0 bridgehead atoms. The topological polar surface area (TPSA) is 26.3 Å². The number of ether oxygens (including phenoxy) is 1. The Balaban J connectivity index is 3.46. The van der Waals surface area contributed by atoms with Gasteiger partial charge >= 0.3 is 5.97 Å². The van der Waals surface area contributed by atoms with E-state index in [0.717, 1.165) is 57.8 Å². The van der Waals surface area contributed by atoms with Gasteiger partial charge in [-0.3, -0.25) is 4.79 Å². The van der Waals surface area contributed by atoms with E-state index in [1.165, 1.54) is 0 Å². The van der Waals surface area contributed by atoms with Crippen LogP contribution < -0.4 is 0 Å². The number of carbonyl (C=O) groups is 1. The van der Waals surface area contributed by atoms with Crippen molar-refractivity contribution in [1.29, 1.82) is 0 Å². The molecule has 0 aliphatic heterocycles. The Kier molecular flexibility index (Phi) is 19.1. The molecule has 0 rings (SSSR count). The first kappa shape index (κ1) is 25.2. The molecule has 0 radical (unpaired) electrons. The summed E-state index contributed by atoms with van der Waals surface area (Å²) in [6.45, 7) is 5.93. The van der Waals surface area contributed by atoms with E-state index in [-0.39, 0.29) is 12.1 Å². The van der Waals surface area contributed by atoms with Crippen molar-refractivity contribution in [3.05, 3.63) is 60.8 Å². The number of unbranched alkanes of at least 4 members (excludes halogenated alkanes) is 3. The van der Waals surface area contributed by atoms with E-state index in [0.29, 0.717) is 6.42 Å². The second-order valence-electron chi connectivity index (χ2n) is 6.85. The zero-order valence-electron chi connectivity index (χ0n) is 17.7. The quantitative estimate of drug-likeness (QED) is 0.158. The van der Waals surface area contributed by atoms with Crippen molar-refractivity contribution in [3.8, 4) is 0 Å². The standard InChI is InChI=1S/C25H40O2/c1-4-5-6-7-8-9-10-11-12-13-14-15-16-17-18-19-20-21-22-23-25(26)27-24(2)3/h5-6,8-9,11-12,14-15,17-18,24H,4,7,10,13,16,19-23H2,1-3H3/b6-5-,9-8-,12-11-,15-14-,18-17-. The highest BCUT2D eigenvalue weighted by Gasteiger charge is 2.03. The molecule has 0 aromatic carbocycles. The molecule has 0 spiro atoms. The van der Waals surface area contributed by atoms with Crippen LogP contribution in [0.15, 0.2) is 60.8 Å². The molecule has 0 saturated heterocycles. The van der Waals surface area contributed by atoms with Gasteiger partial charge in [0, 0.05) is 6.42 Å². The summed E-state index contributed by atoms with van der Waals surface area (Å²) >= 11 is 0. The van der Waals surface area contributed by atoms with Gasteiger partial charge in [-0.1, -0.05) is 74.1 Å².